The molecule has 37 heavy (non-hydrogen) atoms. The molecule has 0 fully saturated rings. The predicted molar refractivity (Wildman–Crippen MR) is 138 cm³/mol. The maximum Gasteiger partial charge on any atom is 0.318 e. The Labute approximate surface area is 209 Å². The van der Waals surface area contributed by atoms with Crippen LogP contribution in [-0.4, -0.2) is 21.0 Å². The number of aromatic nitrogens is 1. The van der Waals surface area contributed by atoms with Crippen LogP contribution < -0.4 is 4.74 Å². The minimum atomic E-state index is -0.724. The van der Waals surface area contributed by atoms with Crippen LogP contribution in [0.4, 0.5) is 17.1 Å². The Morgan fingerprint density at radius 2 is 1.73 bits per heavy atom. The second-order valence-corrected chi connectivity index (χ2v) is 8.14. The molecule has 0 saturated carbocycles. The second-order valence-electron chi connectivity index (χ2n) is 8.14. The summed E-state index contributed by atoms with van der Waals surface area (Å²) in [6.45, 7) is 2.02. The van der Waals surface area contributed by atoms with Crippen LogP contribution in [0.15, 0.2) is 94.3 Å². The Hall–Kier alpha value is -5.38. The smallest absolute Gasteiger partial charge is 0.318 e. The second kappa shape index (κ2) is 9.70. The molecule has 10 heteroatoms. The molecule has 182 valence electrons. The van der Waals surface area contributed by atoms with Gasteiger partial charge in [-0.2, -0.15) is 0 Å². The van der Waals surface area contributed by atoms with Crippen LogP contribution in [0.2, 0.25) is 0 Å². The number of fused-ring (bicyclic) bond motifs is 1. The number of nitrogens with zero attached hydrogens (tertiary/aromatic N) is 4. The number of hydrogen-bond donors (Lipinski definition) is 0. The minimum absolute atomic E-state index is 0.106. The third-order valence-corrected chi connectivity index (χ3v) is 5.47. The molecule has 0 aliphatic rings. The fourth-order valence-electron chi connectivity index (χ4n) is 3.60. The highest BCUT2D eigenvalue weighted by Gasteiger charge is 2.21. The molecule has 0 atom stereocenters. The Kier molecular flexibility index (Phi) is 6.13. The van der Waals surface area contributed by atoms with Gasteiger partial charge in [0.2, 0.25) is 11.6 Å². The van der Waals surface area contributed by atoms with Gasteiger partial charge in [-0.05, 0) is 61.0 Å². The molecule has 5 rings (SSSR count). The van der Waals surface area contributed by atoms with E-state index in [-0.39, 0.29) is 5.75 Å². The molecular weight excluding hydrogens is 476 g/mol. The molecule has 0 radical (unpaired) electrons. The first-order valence-electron chi connectivity index (χ1n) is 11.1. The van der Waals surface area contributed by atoms with Gasteiger partial charge in [0.25, 0.3) is 5.69 Å². The normalized spacial score (nSPS) is 11.2. The van der Waals surface area contributed by atoms with Gasteiger partial charge in [0, 0.05) is 17.8 Å². The van der Waals surface area contributed by atoms with Crippen molar-refractivity contribution in [3.8, 4) is 23.0 Å². The summed E-state index contributed by atoms with van der Waals surface area (Å²) in [4.78, 5) is 30.0. The molecule has 0 spiro atoms. The zero-order chi connectivity index (χ0) is 25.9. The van der Waals surface area contributed by atoms with Gasteiger partial charge in [0.15, 0.2) is 5.58 Å². The molecule has 0 saturated heterocycles. The van der Waals surface area contributed by atoms with Gasteiger partial charge < -0.3 is 9.15 Å². The third kappa shape index (κ3) is 5.17. The number of aryl methyl sites for hydroxylation is 1. The number of aliphatic imine (C=N–C) groups is 1. The number of nitro benzene ring substituents is 2. The number of nitro groups is 2. The molecular formula is C27H18N4O6. The van der Waals surface area contributed by atoms with E-state index in [1.165, 1.54) is 6.07 Å². The van der Waals surface area contributed by atoms with Gasteiger partial charge in [-0.15, -0.1) is 0 Å². The summed E-state index contributed by atoms with van der Waals surface area (Å²) in [5.74, 6) is 0.738. The average Bonchev–Trinajstić information content (AvgIpc) is 3.31. The van der Waals surface area contributed by atoms with Crippen molar-refractivity contribution in [3.63, 3.8) is 0 Å². The van der Waals surface area contributed by atoms with Crippen LogP contribution in [0.1, 0.15) is 11.1 Å². The van der Waals surface area contributed by atoms with E-state index in [4.69, 9.17) is 9.15 Å². The first-order valence-corrected chi connectivity index (χ1v) is 11.1. The minimum Gasteiger partial charge on any atom is -0.450 e. The topological polar surface area (TPSA) is 134 Å². The Morgan fingerprint density at radius 3 is 2.49 bits per heavy atom. The molecule has 0 aliphatic carbocycles. The Bertz CT molecular complexity index is 1670. The number of benzene rings is 4. The van der Waals surface area contributed by atoms with Crippen LogP contribution in [0, 0.1) is 27.2 Å². The van der Waals surface area contributed by atoms with Gasteiger partial charge >= 0.3 is 5.69 Å². The number of non-ortho nitro benzene ring substituents is 1. The molecule has 1 heterocycles. The van der Waals surface area contributed by atoms with Gasteiger partial charge in [0.1, 0.15) is 11.3 Å². The first-order chi connectivity index (χ1) is 17.9. The Balaban J connectivity index is 1.36. The van der Waals surface area contributed by atoms with Crippen LogP contribution in [-0.2, 0) is 0 Å². The molecule has 0 bridgehead atoms. The van der Waals surface area contributed by atoms with E-state index < -0.39 is 21.2 Å². The quantitative estimate of drug-likeness (QED) is 0.133. The molecule has 1 aromatic heterocycles. The molecule has 0 unspecified atom stereocenters. The van der Waals surface area contributed by atoms with Crippen molar-refractivity contribution >= 4 is 34.4 Å². The summed E-state index contributed by atoms with van der Waals surface area (Å²) in [5, 5.41) is 22.3. The number of ether oxygens (including phenoxy) is 1. The number of hydrogen-bond acceptors (Lipinski definition) is 8. The molecule has 4 aromatic carbocycles. The standard InChI is InChI=1S/C27H18N4O6/c1-17-5-7-19(8-6-17)27-29-23-14-20(9-11-25(23)37-27)28-16-18-3-2-4-22(13-18)36-26-12-10-21(30(32)33)15-24(26)31(34)35/h2-16H,1H3. The van der Waals surface area contributed by atoms with Gasteiger partial charge in [-0.1, -0.05) is 29.8 Å². The Morgan fingerprint density at radius 1 is 0.919 bits per heavy atom. The van der Waals surface area contributed by atoms with E-state index in [0.29, 0.717) is 34.0 Å². The van der Waals surface area contributed by atoms with Crippen molar-refractivity contribution in [3.05, 3.63) is 116 Å². The monoisotopic (exact) mass is 494 g/mol. The molecule has 0 amide bonds. The van der Waals surface area contributed by atoms with Crippen LogP contribution in [0.5, 0.6) is 11.5 Å². The predicted octanol–water partition coefficient (Wildman–Crippen LogP) is 7.16. The number of rotatable bonds is 7. The highest BCUT2D eigenvalue weighted by Crippen LogP contribution is 2.34. The molecule has 5 aromatic rings. The van der Waals surface area contributed by atoms with Crippen LogP contribution in [0.25, 0.3) is 22.6 Å². The van der Waals surface area contributed by atoms with E-state index in [1.807, 2.05) is 43.3 Å². The summed E-state index contributed by atoms with van der Waals surface area (Å²) in [7, 11) is 0. The van der Waals surface area contributed by atoms with Gasteiger partial charge in [-0.25, -0.2) is 4.98 Å². The van der Waals surface area contributed by atoms with Gasteiger partial charge in [-0.3, -0.25) is 25.2 Å². The highest BCUT2D eigenvalue weighted by atomic mass is 16.6. The van der Waals surface area contributed by atoms with Gasteiger partial charge in [0.05, 0.1) is 21.6 Å². The van der Waals surface area contributed by atoms with Crippen molar-refractivity contribution in [2.24, 2.45) is 4.99 Å². The number of oxazole rings is 1. The fraction of sp³-hybridized carbons (Fsp3) is 0.0370. The lowest BCUT2D eigenvalue weighted by atomic mass is 10.1. The summed E-state index contributed by atoms with van der Waals surface area (Å²) in [6, 6.07) is 23.3. The van der Waals surface area contributed by atoms with E-state index in [0.717, 1.165) is 23.3 Å². The van der Waals surface area contributed by atoms with Crippen LogP contribution >= 0.6 is 0 Å². The largest absolute Gasteiger partial charge is 0.450 e. The lowest BCUT2D eigenvalue weighted by Crippen LogP contribution is -1.96. The molecule has 10 nitrogen and oxygen atoms in total. The van der Waals surface area contributed by atoms with E-state index >= 15 is 0 Å². The lowest BCUT2D eigenvalue weighted by molar-refractivity contribution is -0.394. The van der Waals surface area contributed by atoms with Crippen molar-refractivity contribution in [2.45, 2.75) is 6.92 Å². The van der Waals surface area contributed by atoms with E-state index in [9.17, 15) is 20.2 Å². The fourth-order valence-corrected chi connectivity index (χ4v) is 3.60. The SMILES string of the molecule is Cc1ccc(-c2nc3cc(N=Cc4cccc(Oc5ccc([N+](=O)[O-])cc5[N+](=O)[O-])c4)ccc3o2)cc1. The average molecular weight is 494 g/mol. The van der Waals surface area contributed by atoms with E-state index in [2.05, 4.69) is 9.98 Å². The third-order valence-electron chi connectivity index (χ3n) is 5.47. The maximum atomic E-state index is 11.4. The van der Waals surface area contributed by atoms with E-state index in [1.54, 1.807) is 36.5 Å². The summed E-state index contributed by atoms with van der Waals surface area (Å²) in [6.07, 6.45) is 1.62. The molecule has 0 aliphatic heterocycles. The first kappa shape index (κ1) is 23.4. The van der Waals surface area contributed by atoms with Crippen molar-refractivity contribution in [2.75, 3.05) is 0 Å². The summed E-state index contributed by atoms with van der Waals surface area (Å²) >= 11 is 0. The summed E-state index contributed by atoms with van der Waals surface area (Å²) < 4.78 is 11.5. The molecule has 0 N–H and O–H groups in total. The van der Waals surface area contributed by atoms with Crippen molar-refractivity contribution < 1.29 is 19.0 Å². The highest BCUT2D eigenvalue weighted by molar-refractivity contribution is 5.85. The van der Waals surface area contributed by atoms with Crippen molar-refractivity contribution in [1.29, 1.82) is 0 Å². The zero-order valence-electron chi connectivity index (χ0n) is 19.4. The lowest BCUT2D eigenvalue weighted by Gasteiger charge is -2.07. The maximum absolute atomic E-state index is 11.4. The summed E-state index contributed by atoms with van der Waals surface area (Å²) in [5.41, 5.74) is 3.81. The van der Waals surface area contributed by atoms with Crippen molar-refractivity contribution in [1.82, 2.24) is 4.98 Å². The zero-order valence-corrected chi connectivity index (χ0v) is 19.4. The van der Waals surface area contributed by atoms with Crippen LogP contribution in [0.3, 0.4) is 0 Å².